The smallest absolute Gasteiger partial charge is 0.271 e. The number of aromatic amines is 1. The van der Waals surface area contributed by atoms with Gasteiger partial charge >= 0.3 is 0 Å². The van der Waals surface area contributed by atoms with E-state index in [9.17, 15) is 4.79 Å². The van der Waals surface area contributed by atoms with Crippen LogP contribution in [0.2, 0.25) is 0 Å². The molecule has 0 aliphatic heterocycles. The van der Waals surface area contributed by atoms with Crippen LogP contribution in [-0.2, 0) is 0 Å². The molecule has 0 spiro atoms. The van der Waals surface area contributed by atoms with E-state index in [1.54, 1.807) is 18.9 Å². The van der Waals surface area contributed by atoms with Crippen LogP contribution in [0.3, 0.4) is 0 Å². The summed E-state index contributed by atoms with van der Waals surface area (Å²) >= 11 is 0. The Bertz CT molecular complexity index is 282. The molecule has 78 valence electrons. The van der Waals surface area contributed by atoms with Crippen molar-refractivity contribution < 1.29 is 9.90 Å². The van der Waals surface area contributed by atoms with Crippen molar-refractivity contribution in [3.05, 3.63) is 18.2 Å². The van der Waals surface area contributed by atoms with E-state index in [0.29, 0.717) is 18.7 Å². The minimum atomic E-state index is -0.382. The lowest BCUT2D eigenvalue weighted by Gasteiger charge is -2.16. The lowest BCUT2D eigenvalue weighted by molar-refractivity contribution is 0.0764. The number of amides is 1. The van der Waals surface area contributed by atoms with E-state index in [-0.39, 0.29) is 12.0 Å². The molecule has 0 aliphatic carbocycles. The van der Waals surface area contributed by atoms with Crippen molar-refractivity contribution in [2.75, 3.05) is 13.6 Å². The highest BCUT2D eigenvalue weighted by atomic mass is 16.3. The molecule has 1 amide bonds. The van der Waals surface area contributed by atoms with Crippen LogP contribution in [-0.4, -0.2) is 45.6 Å². The van der Waals surface area contributed by atoms with Crippen LogP contribution in [0.4, 0.5) is 0 Å². The zero-order chi connectivity index (χ0) is 10.6. The topological polar surface area (TPSA) is 69.2 Å². The van der Waals surface area contributed by atoms with Crippen molar-refractivity contribution in [1.82, 2.24) is 14.9 Å². The standard InChI is InChI=1S/C9H15N3O2/c1-7(13)3-4-12(2)9(14)8-5-10-6-11-8/h5-7,13H,3-4H2,1-2H3,(H,10,11). The predicted octanol–water partition coefficient (Wildman–Crippen LogP) is 0.253. The first kappa shape index (κ1) is 10.7. The van der Waals surface area contributed by atoms with Gasteiger partial charge in [-0.3, -0.25) is 4.79 Å². The monoisotopic (exact) mass is 197 g/mol. The van der Waals surface area contributed by atoms with Crippen LogP contribution >= 0.6 is 0 Å². The van der Waals surface area contributed by atoms with Gasteiger partial charge in [0.25, 0.3) is 5.91 Å². The molecule has 0 saturated carbocycles. The summed E-state index contributed by atoms with van der Waals surface area (Å²) < 4.78 is 0. The van der Waals surface area contributed by atoms with Gasteiger partial charge < -0.3 is 15.0 Å². The van der Waals surface area contributed by atoms with Crippen molar-refractivity contribution in [3.63, 3.8) is 0 Å². The Hall–Kier alpha value is -1.36. The van der Waals surface area contributed by atoms with Crippen LogP contribution in [0, 0.1) is 0 Å². The molecule has 1 aromatic rings. The van der Waals surface area contributed by atoms with Gasteiger partial charge in [0.05, 0.1) is 18.6 Å². The first-order chi connectivity index (χ1) is 6.61. The van der Waals surface area contributed by atoms with Gasteiger partial charge in [-0.15, -0.1) is 0 Å². The van der Waals surface area contributed by atoms with Gasteiger partial charge in [-0.25, -0.2) is 4.98 Å². The third-order valence-electron chi connectivity index (χ3n) is 1.96. The first-order valence-corrected chi connectivity index (χ1v) is 4.53. The Labute approximate surface area is 82.8 Å². The van der Waals surface area contributed by atoms with Gasteiger partial charge in [-0.1, -0.05) is 0 Å². The second kappa shape index (κ2) is 4.76. The van der Waals surface area contributed by atoms with Crippen LogP contribution in [0.15, 0.2) is 12.5 Å². The van der Waals surface area contributed by atoms with Gasteiger partial charge in [0.15, 0.2) is 0 Å². The fourth-order valence-electron chi connectivity index (χ4n) is 1.06. The number of aliphatic hydroxyl groups excluding tert-OH is 1. The molecule has 0 bridgehead atoms. The molecule has 5 nitrogen and oxygen atoms in total. The molecule has 5 heteroatoms. The fourth-order valence-corrected chi connectivity index (χ4v) is 1.06. The predicted molar refractivity (Wildman–Crippen MR) is 51.8 cm³/mol. The number of hydrogen-bond acceptors (Lipinski definition) is 3. The molecule has 1 aromatic heterocycles. The number of carbonyl (C=O) groups excluding carboxylic acids is 1. The van der Waals surface area contributed by atoms with E-state index in [1.807, 2.05) is 0 Å². The highest BCUT2D eigenvalue weighted by molar-refractivity contribution is 5.91. The van der Waals surface area contributed by atoms with Crippen molar-refractivity contribution in [3.8, 4) is 0 Å². The molecule has 2 N–H and O–H groups in total. The van der Waals surface area contributed by atoms with E-state index >= 15 is 0 Å². The lowest BCUT2D eigenvalue weighted by atomic mass is 10.2. The highest BCUT2D eigenvalue weighted by Gasteiger charge is 2.12. The number of imidazole rings is 1. The third kappa shape index (κ3) is 2.85. The van der Waals surface area contributed by atoms with E-state index in [4.69, 9.17) is 5.11 Å². The first-order valence-electron chi connectivity index (χ1n) is 4.53. The van der Waals surface area contributed by atoms with Crippen molar-refractivity contribution in [2.45, 2.75) is 19.4 Å². The van der Waals surface area contributed by atoms with Gasteiger partial charge in [-0.05, 0) is 13.3 Å². The molecule has 1 rings (SSSR count). The summed E-state index contributed by atoms with van der Waals surface area (Å²) in [5.74, 6) is -0.108. The molecular formula is C9H15N3O2. The Balaban J connectivity index is 2.45. The number of hydrogen-bond donors (Lipinski definition) is 2. The molecule has 1 unspecified atom stereocenters. The second-order valence-corrected chi connectivity index (χ2v) is 3.33. The Morgan fingerprint density at radius 2 is 2.50 bits per heavy atom. The van der Waals surface area contributed by atoms with Gasteiger partial charge in [0.2, 0.25) is 0 Å². The summed E-state index contributed by atoms with van der Waals surface area (Å²) in [7, 11) is 1.70. The second-order valence-electron chi connectivity index (χ2n) is 3.33. The molecule has 0 radical (unpaired) electrons. The summed E-state index contributed by atoms with van der Waals surface area (Å²) in [6, 6.07) is 0. The Kier molecular flexibility index (Phi) is 3.64. The average molecular weight is 197 g/mol. The summed E-state index contributed by atoms with van der Waals surface area (Å²) in [5, 5.41) is 9.06. The average Bonchev–Trinajstić information content (AvgIpc) is 2.65. The van der Waals surface area contributed by atoms with Crippen LogP contribution < -0.4 is 0 Å². The van der Waals surface area contributed by atoms with Crippen molar-refractivity contribution in [2.24, 2.45) is 0 Å². The zero-order valence-electron chi connectivity index (χ0n) is 8.40. The molecule has 0 aromatic carbocycles. The zero-order valence-corrected chi connectivity index (χ0v) is 8.40. The number of aromatic nitrogens is 2. The molecule has 1 heterocycles. The van der Waals surface area contributed by atoms with E-state index in [1.165, 1.54) is 12.5 Å². The third-order valence-corrected chi connectivity index (χ3v) is 1.96. The SMILES string of the molecule is CC(O)CCN(C)C(=O)c1cnc[nH]1. The number of nitrogens with one attached hydrogen (secondary N) is 1. The van der Waals surface area contributed by atoms with E-state index in [2.05, 4.69) is 9.97 Å². The molecule has 0 aliphatic rings. The molecule has 14 heavy (non-hydrogen) atoms. The molecule has 0 fully saturated rings. The largest absolute Gasteiger partial charge is 0.393 e. The van der Waals surface area contributed by atoms with Crippen LogP contribution in [0.25, 0.3) is 0 Å². The lowest BCUT2D eigenvalue weighted by Crippen LogP contribution is -2.29. The van der Waals surface area contributed by atoms with Crippen LogP contribution in [0.5, 0.6) is 0 Å². The summed E-state index contributed by atoms with van der Waals surface area (Å²) in [4.78, 5) is 19.7. The summed E-state index contributed by atoms with van der Waals surface area (Å²) in [6.45, 7) is 2.24. The van der Waals surface area contributed by atoms with E-state index < -0.39 is 0 Å². The van der Waals surface area contributed by atoms with Crippen LogP contribution in [0.1, 0.15) is 23.8 Å². The minimum absolute atomic E-state index is 0.108. The number of carbonyl (C=O) groups is 1. The van der Waals surface area contributed by atoms with Gasteiger partial charge in [0.1, 0.15) is 5.69 Å². The number of rotatable bonds is 4. The number of nitrogens with zero attached hydrogens (tertiary/aromatic N) is 2. The molecule has 0 saturated heterocycles. The number of H-pyrrole nitrogens is 1. The molecule has 1 atom stereocenters. The van der Waals surface area contributed by atoms with Gasteiger partial charge in [0, 0.05) is 13.6 Å². The molecular weight excluding hydrogens is 182 g/mol. The normalized spacial score (nSPS) is 12.5. The highest BCUT2D eigenvalue weighted by Crippen LogP contribution is 2.00. The van der Waals surface area contributed by atoms with Crippen molar-refractivity contribution >= 4 is 5.91 Å². The number of aliphatic hydroxyl groups is 1. The minimum Gasteiger partial charge on any atom is -0.393 e. The van der Waals surface area contributed by atoms with Gasteiger partial charge in [-0.2, -0.15) is 0 Å². The van der Waals surface area contributed by atoms with E-state index in [0.717, 1.165) is 0 Å². The maximum Gasteiger partial charge on any atom is 0.271 e. The maximum atomic E-state index is 11.6. The fraction of sp³-hybridized carbons (Fsp3) is 0.556. The maximum absolute atomic E-state index is 11.6. The summed E-state index contributed by atoms with van der Waals surface area (Å²) in [6.07, 6.45) is 3.15. The quantitative estimate of drug-likeness (QED) is 0.727. The Morgan fingerprint density at radius 1 is 1.79 bits per heavy atom. The summed E-state index contributed by atoms with van der Waals surface area (Å²) in [5.41, 5.74) is 0.470. The van der Waals surface area contributed by atoms with Crippen molar-refractivity contribution in [1.29, 1.82) is 0 Å². The Morgan fingerprint density at radius 3 is 3.00 bits per heavy atom.